The van der Waals surface area contributed by atoms with Gasteiger partial charge in [-0.15, -0.1) is 11.8 Å². The molecule has 0 aromatic heterocycles. The van der Waals surface area contributed by atoms with E-state index in [2.05, 4.69) is 10.6 Å². The number of anilines is 1. The average molecular weight is 508 g/mol. The zero-order chi connectivity index (χ0) is 24.6. The van der Waals surface area contributed by atoms with Crippen LogP contribution in [0.25, 0.3) is 0 Å². The van der Waals surface area contributed by atoms with Crippen molar-refractivity contribution in [2.45, 2.75) is 68.5 Å². The summed E-state index contributed by atoms with van der Waals surface area (Å²) >= 11 is 7.63. The fraction of sp³-hybridized carbons (Fsp3) is 0.640. The second-order valence-electron chi connectivity index (χ2n) is 10.1. The molecule has 7 nitrogen and oxygen atoms in total. The fourth-order valence-electron chi connectivity index (χ4n) is 6.01. The Morgan fingerprint density at radius 3 is 2.59 bits per heavy atom. The number of nitrogens with one attached hydrogen (secondary N) is 2. The summed E-state index contributed by atoms with van der Waals surface area (Å²) in [6, 6.07) is 5.63. The second-order valence-corrected chi connectivity index (χ2v) is 12.1. The van der Waals surface area contributed by atoms with Gasteiger partial charge in [-0.25, -0.2) is 0 Å². The molecular weight excluding hydrogens is 474 g/mol. The molecule has 0 radical (unpaired) electrons. The number of carbonyl (C=O) groups is 3. The lowest BCUT2D eigenvalue weighted by atomic mass is 9.70. The normalized spacial score (nSPS) is 30.5. The number of carbonyl (C=O) groups excluding carboxylic acids is 3. The first-order chi connectivity index (χ1) is 16.2. The first-order valence-electron chi connectivity index (χ1n) is 12.2. The highest BCUT2D eigenvalue weighted by Crippen LogP contribution is 2.66. The topological polar surface area (TPSA) is 98.7 Å². The highest BCUT2D eigenvalue weighted by molar-refractivity contribution is 8.02. The number of benzene rings is 1. The third kappa shape index (κ3) is 4.33. The lowest BCUT2D eigenvalue weighted by molar-refractivity contribution is -0.142. The van der Waals surface area contributed by atoms with E-state index >= 15 is 0 Å². The van der Waals surface area contributed by atoms with Gasteiger partial charge < -0.3 is 20.6 Å². The average Bonchev–Trinajstić information content (AvgIpc) is 3.44. The SMILES string of the molecule is CCCNC(=O)[C@@H]1[C@@H]2CCC3(S2)C(C(=O)Nc2ccc(Cl)cc2)N([C@@H](CO)CC(C)C)C(=O)[C@H]13. The van der Waals surface area contributed by atoms with E-state index in [9.17, 15) is 19.5 Å². The molecule has 4 rings (SSSR count). The number of aliphatic hydroxyl groups is 1. The van der Waals surface area contributed by atoms with Crippen molar-refractivity contribution in [1.29, 1.82) is 0 Å². The van der Waals surface area contributed by atoms with E-state index in [4.69, 9.17) is 11.6 Å². The summed E-state index contributed by atoms with van der Waals surface area (Å²) < 4.78 is -0.670. The molecule has 3 aliphatic rings. The number of amides is 3. The zero-order valence-electron chi connectivity index (χ0n) is 19.9. The van der Waals surface area contributed by atoms with Crippen LogP contribution in [-0.2, 0) is 14.4 Å². The molecule has 3 N–H and O–H groups in total. The predicted octanol–water partition coefficient (Wildman–Crippen LogP) is 3.30. The van der Waals surface area contributed by atoms with E-state index in [-0.39, 0.29) is 35.5 Å². The molecule has 186 valence electrons. The number of likely N-dealkylation sites (tertiary alicyclic amines) is 1. The summed E-state index contributed by atoms with van der Waals surface area (Å²) in [4.78, 5) is 42.5. The summed E-state index contributed by atoms with van der Waals surface area (Å²) in [5, 5.41) is 16.8. The van der Waals surface area contributed by atoms with Gasteiger partial charge >= 0.3 is 0 Å². The van der Waals surface area contributed by atoms with Crippen LogP contribution in [0.2, 0.25) is 5.02 Å². The molecule has 1 spiro atoms. The van der Waals surface area contributed by atoms with Crippen LogP contribution in [0.3, 0.4) is 0 Å². The number of fused-ring (bicyclic) bond motifs is 1. The van der Waals surface area contributed by atoms with Crippen molar-refractivity contribution < 1.29 is 19.5 Å². The van der Waals surface area contributed by atoms with Crippen LogP contribution in [0.1, 0.15) is 46.5 Å². The van der Waals surface area contributed by atoms with Gasteiger partial charge in [0.05, 0.1) is 29.2 Å². The van der Waals surface area contributed by atoms with Gasteiger partial charge in [0.1, 0.15) is 6.04 Å². The van der Waals surface area contributed by atoms with Crippen molar-refractivity contribution in [3.63, 3.8) is 0 Å². The molecular formula is C25H34ClN3O4S. The number of aliphatic hydroxyl groups excluding tert-OH is 1. The first kappa shape index (κ1) is 25.3. The van der Waals surface area contributed by atoms with Crippen LogP contribution < -0.4 is 10.6 Å². The van der Waals surface area contributed by atoms with Gasteiger partial charge in [0, 0.05) is 22.5 Å². The minimum absolute atomic E-state index is 0.0245. The summed E-state index contributed by atoms with van der Waals surface area (Å²) in [7, 11) is 0. The highest BCUT2D eigenvalue weighted by Gasteiger charge is 2.74. The van der Waals surface area contributed by atoms with Crippen molar-refractivity contribution in [2.75, 3.05) is 18.5 Å². The lowest BCUT2D eigenvalue weighted by Crippen LogP contribution is -2.55. The molecule has 2 unspecified atom stereocenters. The van der Waals surface area contributed by atoms with Crippen LogP contribution >= 0.6 is 23.4 Å². The minimum atomic E-state index is -0.754. The van der Waals surface area contributed by atoms with Crippen LogP contribution in [0.4, 0.5) is 5.69 Å². The van der Waals surface area contributed by atoms with Crippen LogP contribution in [0.5, 0.6) is 0 Å². The first-order valence-corrected chi connectivity index (χ1v) is 13.4. The Hall–Kier alpha value is -1.77. The van der Waals surface area contributed by atoms with E-state index < -0.39 is 28.7 Å². The summed E-state index contributed by atoms with van der Waals surface area (Å²) in [6.45, 7) is 6.41. The maximum atomic E-state index is 14.0. The third-order valence-corrected chi connectivity index (χ3v) is 9.50. The Balaban J connectivity index is 1.71. The Bertz CT molecular complexity index is 943. The standard InChI is InChI=1S/C25H34ClN3O4S/c1-4-11-27-22(31)19-18-9-10-25(34-18)20(19)24(33)29(17(13-30)12-14(2)3)21(25)23(32)28-16-7-5-15(26)6-8-16/h5-8,14,17-21,30H,4,9-13H2,1-3H3,(H,27,31)(H,28,32)/t17-,18+,19-,20+,21?,25?/m1/s1. The maximum absolute atomic E-state index is 14.0. The number of hydrogen-bond acceptors (Lipinski definition) is 5. The molecule has 9 heteroatoms. The van der Waals surface area contributed by atoms with Gasteiger partial charge in [-0.2, -0.15) is 0 Å². The molecule has 6 atom stereocenters. The van der Waals surface area contributed by atoms with Gasteiger partial charge in [0.15, 0.2) is 0 Å². The molecule has 0 aliphatic carbocycles. The number of thioether (sulfide) groups is 1. The van der Waals surface area contributed by atoms with Crippen LogP contribution in [-0.4, -0.2) is 63.0 Å². The minimum Gasteiger partial charge on any atom is -0.394 e. The van der Waals surface area contributed by atoms with E-state index in [0.29, 0.717) is 30.1 Å². The Kier molecular flexibility index (Phi) is 7.50. The van der Waals surface area contributed by atoms with Crippen molar-refractivity contribution in [3.05, 3.63) is 29.3 Å². The van der Waals surface area contributed by atoms with Gasteiger partial charge in [-0.05, 0) is 55.9 Å². The third-order valence-electron chi connectivity index (χ3n) is 7.30. The largest absolute Gasteiger partial charge is 0.394 e. The Morgan fingerprint density at radius 1 is 1.26 bits per heavy atom. The second kappa shape index (κ2) is 10.1. The van der Waals surface area contributed by atoms with Crippen molar-refractivity contribution in [1.82, 2.24) is 10.2 Å². The molecule has 3 saturated heterocycles. The van der Waals surface area contributed by atoms with E-state index in [0.717, 1.165) is 12.8 Å². The fourth-order valence-corrected chi connectivity index (χ4v) is 8.35. The molecule has 3 aliphatic heterocycles. The predicted molar refractivity (Wildman–Crippen MR) is 135 cm³/mol. The van der Waals surface area contributed by atoms with E-state index in [1.807, 2.05) is 20.8 Å². The summed E-state index contributed by atoms with van der Waals surface area (Å²) in [6.07, 6.45) is 2.90. The lowest BCUT2D eigenvalue weighted by Gasteiger charge is -2.37. The summed E-state index contributed by atoms with van der Waals surface area (Å²) in [5.41, 5.74) is 0.598. The van der Waals surface area contributed by atoms with Crippen LogP contribution in [0.15, 0.2) is 24.3 Å². The number of hydrogen-bond donors (Lipinski definition) is 3. The van der Waals surface area contributed by atoms with Crippen molar-refractivity contribution in [3.8, 4) is 0 Å². The molecule has 1 aromatic carbocycles. The number of rotatable bonds is 9. The maximum Gasteiger partial charge on any atom is 0.248 e. The molecule has 0 saturated carbocycles. The Labute approximate surface area is 210 Å². The molecule has 3 heterocycles. The van der Waals surface area contributed by atoms with Crippen LogP contribution in [0, 0.1) is 17.8 Å². The molecule has 3 amide bonds. The van der Waals surface area contributed by atoms with Gasteiger partial charge in [-0.3, -0.25) is 14.4 Å². The number of halogens is 1. The highest BCUT2D eigenvalue weighted by atomic mass is 35.5. The zero-order valence-corrected chi connectivity index (χ0v) is 21.5. The monoisotopic (exact) mass is 507 g/mol. The van der Waals surface area contributed by atoms with E-state index in [1.165, 1.54) is 0 Å². The molecule has 1 aromatic rings. The van der Waals surface area contributed by atoms with E-state index in [1.54, 1.807) is 40.9 Å². The van der Waals surface area contributed by atoms with Gasteiger partial charge in [0.25, 0.3) is 0 Å². The molecule has 2 bridgehead atoms. The van der Waals surface area contributed by atoms with Crippen molar-refractivity contribution >= 4 is 46.8 Å². The molecule has 34 heavy (non-hydrogen) atoms. The van der Waals surface area contributed by atoms with Gasteiger partial charge in [-0.1, -0.05) is 32.4 Å². The smallest absolute Gasteiger partial charge is 0.248 e. The van der Waals surface area contributed by atoms with Crippen molar-refractivity contribution in [2.24, 2.45) is 17.8 Å². The summed E-state index contributed by atoms with van der Waals surface area (Å²) in [5.74, 6) is -1.33. The van der Waals surface area contributed by atoms with Gasteiger partial charge in [0.2, 0.25) is 17.7 Å². The Morgan fingerprint density at radius 2 is 1.97 bits per heavy atom. The molecule has 3 fully saturated rings. The number of nitrogens with zero attached hydrogens (tertiary/aromatic N) is 1. The quantitative estimate of drug-likeness (QED) is 0.476.